The van der Waals surface area contributed by atoms with Crippen LogP contribution in [0.5, 0.6) is 0 Å². The van der Waals surface area contributed by atoms with Gasteiger partial charge in [-0.3, -0.25) is 0 Å². The van der Waals surface area contributed by atoms with Gasteiger partial charge in [-0.05, 0) is 31.5 Å². The first-order valence-electron chi connectivity index (χ1n) is 5.51. The number of esters is 1. The van der Waals surface area contributed by atoms with Gasteiger partial charge in [-0.1, -0.05) is 17.7 Å². The molecule has 5 heteroatoms. The SMILES string of the molecule is CCOC(=O)c1csc(-c2ccc(Cl)cc2C)n1. The van der Waals surface area contributed by atoms with Gasteiger partial charge in [0.2, 0.25) is 0 Å². The predicted molar refractivity (Wildman–Crippen MR) is 73.3 cm³/mol. The molecule has 0 aliphatic heterocycles. The van der Waals surface area contributed by atoms with Gasteiger partial charge < -0.3 is 4.74 Å². The number of hydrogen-bond donors (Lipinski definition) is 0. The summed E-state index contributed by atoms with van der Waals surface area (Å²) in [5, 5.41) is 3.20. The molecule has 0 aliphatic rings. The van der Waals surface area contributed by atoms with Gasteiger partial charge in [0.1, 0.15) is 5.01 Å². The fraction of sp³-hybridized carbons (Fsp3) is 0.231. The molecule has 18 heavy (non-hydrogen) atoms. The van der Waals surface area contributed by atoms with E-state index in [4.69, 9.17) is 16.3 Å². The van der Waals surface area contributed by atoms with E-state index in [2.05, 4.69) is 4.98 Å². The summed E-state index contributed by atoms with van der Waals surface area (Å²) in [5.41, 5.74) is 2.37. The first kappa shape index (κ1) is 13.1. The lowest BCUT2D eigenvalue weighted by Crippen LogP contribution is -2.04. The quantitative estimate of drug-likeness (QED) is 0.800. The monoisotopic (exact) mass is 281 g/mol. The zero-order valence-electron chi connectivity index (χ0n) is 10.1. The van der Waals surface area contributed by atoms with E-state index in [0.29, 0.717) is 17.3 Å². The maximum atomic E-state index is 11.5. The van der Waals surface area contributed by atoms with Crippen molar-refractivity contribution < 1.29 is 9.53 Å². The van der Waals surface area contributed by atoms with Crippen molar-refractivity contribution in [3.05, 3.63) is 39.9 Å². The topological polar surface area (TPSA) is 39.2 Å². The van der Waals surface area contributed by atoms with Gasteiger partial charge in [-0.25, -0.2) is 9.78 Å². The number of benzene rings is 1. The lowest BCUT2D eigenvalue weighted by molar-refractivity contribution is 0.0520. The minimum atomic E-state index is -0.383. The molecule has 0 bridgehead atoms. The maximum Gasteiger partial charge on any atom is 0.357 e. The Balaban J connectivity index is 2.32. The highest BCUT2D eigenvalue weighted by Crippen LogP contribution is 2.28. The van der Waals surface area contributed by atoms with Crippen molar-refractivity contribution in [1.82, 2.24) is 4.98 Å². The average molecular weight is 282 g/mol. The van der Waals surface area contributed by atoms with E-state index in [-0.39, 0.29) is 5.97 Å². The number of nitrogens with zero attached hydrogens (tertiary/aromatic N) is 1. The molecular formula is C13H12ClNO2S. The van der Waals surface area contributed by atoms with Crippen LogP contribution in [0.2, 0.25) is 5.02 Å². The molecule has 1 aromatic carbocycles. The summed E-state index contributed by atoms with van der Waals surface area (Å²) in [6.45, 7) is 4.09. The van der Waals surface area contributed by atoms with Crippen LogP contribution in [0.15, 0.2) is 23.6 Å². The van der Waals surface area contributed by atoms with Gasteiger partial charge in [-0.15, -0.1) is 11.3 Å². The number of aryl methyl sites for hydroxylation is 1. The van der Waals surface area contributed by atoms with E-state index in [1.807, 2.05) is 25.1 Å². The van der Waals surface area contributed by atoms with Crippen LogP contribution in [0.3, 0.4) is 0 Å². The molecule has 0 fully saturated rings. The zero-order valence-corrected chi connectivity index (χ0v) is 11.6. The Bertz CT molecular complexity index is 580. The second kappa shape index (κ2) is 5.50. The molecule has 94 valence electrons. The molecule has 0 saturated heterocycles. The van der Waals surface area contributed by atoms with Gasteiger partial charge in [0.05, 0.1) is 6.61 Å². The molecule has 0 amide bonds. The fourth-order valence-electron chi connectivity index (χ4n) is 1.56. The fourth-order valence-corrected chi connectivity index (χ4v) is 2.67. The molecule has 0 spiro atoms. The molecule has 1 heterocycles. The van der Waals surface area contributed by atoms with E-state index in [0.717, 1.165) is 16.1 Å². The summed E-state index contributed by atoms with van der Waals surface area (Å²) >= 11 is 7.33. The van der Waals surface area contributed by atoms with Crippen LogP contribution in [0, 0.1) is 6.92 Å². The van der Waals surface area contributed by atoms with Gasteiger partial charge in [0, 0.05) is 16.0 Å². The Morgan fingerprint density at radius 1 is 1.50 bits per heavy atom. The standard InChI is InChI=1S/C13H12ClNO2S/c1-3-17-13(16)11-7-18-12(15-11)10-5-4-9(14)6-8(10)2/h4-7H,3H2,1-2H3. The summed E-state index contributed by atoms with van der Waals surface area (Å²) in [5.74, 6) is -0.383. The van der Waals surface area contributed by atoms with Crippen LogP contribution < -0.4 is 0 Å². The van der Waals surface area contributed by atoms with E-state index in [9.17, 15) is 4.79 Å². The Morgan fingerprint density at radius 2 is 2.28 bits per heavy atom. The van der Waals surface area contributed by atoms with Crippen molar-refractivity contribution in [3.63, 3.8) is 0 Å². The van der Waals surface area contributed by atoms with Crippen LogP contribution in [0.4, 0.5) is 0 Å². The molecule has 0 unspecified atom stereocenters. The summed E-state index contributed by atoms with van der Waals surface area (Å²) in [6.07, 6.45) is 0. The minimum absolute atomic E-state index is 0.353. The van der Waals surface area contributed by atoms with Gasteiger partial charge in [0.15, 0.2) is 5.69 Å². The lowest BCUT2D eigenvalue weighted by atomic mass is 10.1. The molecule has 0 N–H and O–H groups in total. The highest BCUT2D eigenvalue weighted by molar-refractivity contribution is 7.13. The minimum Gasteiger partial charge on any atom is -0.461 e. The molecule has 2 rings (SSSR count). The third-order valence-corrected chi connectivity index (χ3v) is 3.52. The normalized spacial score (nSPS) is 10.4. The summed E-state index contributed by atoms with van der Waals surface area (Å²) in [4.78, 5) is 15.8. The van der Waals surface area contributed by atoms with Crippen LogP contribution in [0.1, 0.15) is 23.0 Å². The van der Waals surface area contributed by atoms with Gasteiger partial charge in [0.25, 0.3) is 0 Å². The van der Waals surface area contributed by atoms with Crippen molar-refractivity contribution >= 4 is 28.9 Å². The molecule has 0 atom stereocenters. The lowest BCUT2D eigenvalue weighted by Gasteiger charge is -2.02. The van der Waals surface area contributed by atoms with Crippen molar-refractivity contribution in [3.8, 4) is 10.6 Å². The van der Waals surface area contributed by atoms with Crippen LogP contribution in [0.25, 0.3) is 10.6 Å². The molecule has 2 aromatic rings. The third kappa shape index (κ3) is 2.71. The van der Waals surface area contributed by atoms with E-state index in [1.54, 1.807) is 12.3 Å². The summed E-state index contributed by atoms with van der Waals surface area (Å²) < 4.78 is 4.91. The van der Waals surface area contributed by atoms with Crippen LogP contribution >= 0.6 is 22.9 Å². The van der Waals surface area contributed by atoms with E-state index >= 15 is 0 Å². The summed E-state index contributed by atoms with van der Waals surface area (Å²) in [6, 6.07) is 5.60. The number of hydrogen-bond acceptors (Lipinski definition) is 4. The first-order valence-corrected chi connectivity index (χ1v) is 6.76. The van der Waals surface area contributed by atoms with Crippen molar-refractivity contribution in [2.75, 3.05) is 6.61 Å². The number of thiazole rings is 1. The highest BCUT2D eigenvalue weighted by atomic mass is 35.5. The maximum absolute atomic E-state index is 11.5. The second-order valence-electron chi connectivity index (χ2n) is 3.72. The number of aromatic nitrogens is 1. The number of carbonyl (C=O) groups is 1. The van der Waals surface area contributed by atoms with Gasteiger partial charge in [-0.2, -0.15) is 0 Å². The van der Waals surface area contributed by atoms with Crippen LogP contribution in [-0.4, -0.2) is 17.6 Å². The number of ether oxygens (including phenoxy) is 1. The Kier molecular flexibility index (Phi) is 3.99. The molecule has 3 nitrogen and oxygen atoms in total. The van der Waals surface area contributed by atoms with Crippen LogP contribution in [-0.2, 0) is 4.74 Å². The Hall–Kier alpha value is -1.39. The van der Waals surface area contributed by atoms with E-state index in [1.165, 1.54) is 11.3 Å². The smallest absolute Gasteiger partial charge is 0.357 e. The number of halogens is 1. The highest BCUT2D eigenvalue weighted by Gasteiger charge is 2.13. The summed E-state index contributed by atoms with van der Waals surface area (Å²) in [7, 11) is 0. The number of carbonyl (C=O) groups excluding carboxylic acids is 1. The Labute approximate surface area is 114 Å². The van der Waals surface area contributed by atoms with Crippen molar-refractivity contribution in [1.29, 1.82) is 0 Å². The molecule has 0 saturated carbocycles. The van der Waals surface area contributed by atoms with E-state index < -0.39 is 0 Å². The van der Waals surface area contributed by atoms with Gasteiger partial charge >= 0.3 is 5.97 Å². The number of rotatable bonds is 3. The average Bonchev–Trinajstić information content (AvgIpc) is 2.78. The Morgan fingerprint density at radius 3 is 2.94 bits per heavy atom. The molecule has 0 radical (unpaired) electrons. The predicted octanol–water partition coefficient (Wildman–Crippen LogP) is 3.95. The molecular weight excluding hydrogens is 270 g/mol. The third-order valence-electron chi connectivity index (χ3n) is 2.41. The van der Waals surface area contributed by atoms with Crippen molar-refractivity contribution in [2.24, 2.45) is 0 Å². The molecule has 0 aliphatic carbocycles. The largest absolute Gasteiger partial charge is 0.461 e. The molecule has 1 aromatic heterocycles. The first-order chi connectivity index (χ1) is 8.61. The van der Waals surface area contributed by atoms with Crippen molar-refractivity contribution in [2.45, 2.75) is 13.8 Å². The zero-order chi connectivity index (χ0) is 13.1. The second-order valence-corrected chi connectivity index (χ2v) is 5.01.